The Hall–Kier alpha value is -3.83. The van der Waals surface area contributed by atoms with Crippen LogP contribution in [0.1, 0.15) is 24.0 Å². The molecule has 1 aromatic heterocycles. The van der Waals surface area contributed by atoms with Crippen LogP contribution in [0.2, 0.25) is 0 Å². The maximum absolute atomic E-state index is 13.7. The quantitative estimate of drug-likeness (QED) is 0.197. The van der Waals surface area contributed by atoms with Crippen LogP contribution in [0.15, 0.2) is 60.8 Å². The molecule has 3 amide bonds. The van der Waals surface area contributed by atoms with Gasteiger partial charge in [-0.2, -0.15) is 12.6 Å². The lowest BCUT2D eigenvalue weighted by atomic mass is 10.0. The van der Waals surface area contributed by atoms with Crippen molar-refractivity contribution >= 4 is 47.2 Å². The predicted molar refractivity (Wildman–Crippen MR) is 150 cm³/mol. The van der Waals surface area contributed by atoms with Crippen molar-refractivity contribution in [2.45, 2.75) is 49.9 Å². The Morgan fingerprint density at radius 3 is 2.41 bits per heavy atom. The first-order chi connectivity index (χ1) is 18.8. The third-order valence-electron chi connectivity index (χ3n) is 6.98. The summed E-state index contributed by atoms with van der Waals surface area (Å²) in [5.41, 5.74) is 8.33. The molecule has 10 nitrogen and oxygen atoms in total. The van der Waals surface area contributed by atoms with Gasteiger partial charge >= 0.3 is 5.97 Å². The van der Waals surface area contributed by atoms with Gasteiger partial charge in [0.15, 0.2) is 0 Å². The first-order valence-electron chi connectivity index (χ1n) is 12.9. The topological polar surface area (TPSA) is 158 Å². The minimum absolute atomic E-state index is 0.0960. The molecule has 1 aliphatic heterocycles. The van der Waals surface area contributed by atoms with E-state index in [1.165, 1.54) is 4.90 Å². The molecular weight excluding hydrogens is 518 g/mol. The second kappa shape index (κ2) is 12.8. The number of carboxylic acids is 1. The number of para-hydroxylation sites is 1. The van der Waals surface area contributed by atoms with Crippen molar-refractivity contribution in [1.82, 2.24) is 20.5 Å². The Kier molecular flexibility index (Phi) is 9.26. The average Bonchev–Trinajstić information content (AvgIpc) is 3.60. The highest BCUT2D eigenvalue weighted by atomic mass is 32.1. The van der Waals surface area contributed by atoms with E-state index in [9.17, 15) is 24.3 Å². The molecule has 1 saturated heterocycles. The normalized spacial score (nSPS) is 17.4. The van der Waals surface area contributed by atoms with Crippen molar-refractivity contribution in [2.24, 2.45) is 5.73 Å². The van der Waals surface area contributed by atoms with Crippen molar-refractivity contribution < 1.29 is 24.3 Å². The Morgan fingerprint density at radius 1 is 1.00 bits per heavy atom. The van der Waals surface area contributed by atoms with E-state index in [2.05, 4.69) is 28.2 Å². The van der Waals surface area contributed by atoms with Crippen molar-refractivity contribution in [3.63, 3.8) is 0 Å². The lowest BCUT2D eigenvalue weighted by Gasteiger charge is -2.29. The summed E-state index contributed by atoms with van der Waals surface area (Å²) in [6, 6.07) is 12.8. The van der Waals surface area contributed by atoms with Gasteiger partial charge in [-0.15, -0.1) is 0 Å². The van der Waals surface area contributed by atoms with Crippen LogP contribution in [0, 0.1) is 0 Å². The molecule has 4 atom stereocenters. The number of likely N-dealkylation sites (tertiary alicyclic amines) is 1. The van der Waals surface area contributed by atoms with Gasteiger partial charge in [-0.05, 0) is 30.0 Å². The zero-order valence-electron chi connectivity index (χ0n) is 21.4. The molecule has 6 N–H and O–H groups in total. The zero-order chi connectivity index (χ0) is 27.9. The minimum atomic E-state index is -1.08. The molecule has 0 saturated carbocycles. The number of carbonyl (C=O) groups excluding carboxylic acids is 3. The standard InChI is InChI=1S/C28H33N5O5S/c29-20(16-39)25(34)31-22(13-17-7-2-1-3-8-17)26(35)32-23(27(36)33-12-6-11-24(33)28(37)38)14-18-15-30-21-10-5-4-9-19(18)21/h1-5,7-10,15,20,22-24,30,39H,6,11-14,16,29H2,(H,31,34)(H,32,35)(H,37,38). The maximum atomic E-state index is 13.7. The fourth-order valence-electron chi connectivity index (χ4n) is 4.90. The monoisotopic (exact) mass is 551 g/mol. The first-order valence-corrected chi connectivity index (χ1v) is 13.5. The highest BCUT2D eigenvalue weighted by Gasteiger charge is 2.38. The van der Waals surface area contributed by atoms with E-state index in [1.807, 2.05) is 54.6 Å². The van der Waals surface area contributed by atoms with E-state index in [-0.39, 0.29) is 25.1 Å². The number of thiol groups is 1. The smallest absolute Gasteiger partial charge is 0.326 e. The molecule has 11 heteroatoms. The highest BCUT2D eigenvalue weighted by molar-refractivity contribution is 7.80. The van der Waals surface area contributed by atoms with Crippen LogP contribution in [0.4, 0.5) is 0 Å². The van der Waals surface area contributed by atoms with Gasteiger partial charge in [0.1, 0.15) is 18.1 Å². The van der Waals surface area contributed by atoms with E-state index < -0.39 is 47.9 Å². The molecule has 4 rings (SSSR count). The third kappa shape index (κ3) is 6.79. The number of aromatic amines is 1. The number of hydrogen-bond donors (Lipinski definition) is 6. The number of benzene rings is 2. The molecule has 1 aliphatic rings. The SMILES string of the molecule is NC(CS)C(=O)NC(Cc1ccccc1)C(=O)NC(Cc1c[nH]c2ccccc12)C(=O)N1CCCC1C(=O)O. The molecule has 2 heterocycles. The second-order valence-electron chi connectivity index (χ2n) is 9.69. The van der Waals surface area contributed by atoms with Crippen molar-refractivity contribution in [3.05, 3.63) is 71.9 Å². The van der Waals surface area contributed by atoms with Gasteiger partial charge < -0.3 is 31.4 Å². The van der Waals surface area contributed by atoms with E-state index in [0.717, 1.165) is 22.0 Å². The summed E-state index contributed by atoms with van der Waals surface area (Å²) in [5.74, 6) is -2.56. The summed E-state index contributed by atoms with van der Waals surface area (Å²) in [6.07, 6.45) is 3.01. The molecule has 1 fully saturated rings. The molecular formula is C28H33N5O5S. The van der Waals surface area contributed by atoms with Crippen LogP contribution in [0.5, 0.6) is 0 Å². The number of amides is 3. The molecule has 0 bridgehead atoms. The third-order valence-corrected chi connectivity index (χ3v) is 7.38. The number of rotatable bonds is 11. The lowest BCUT2D eigenvalue weighted by molar-refractivity contribution is -0.149. The van der Waals surface area contributed by atoms with Crippen molar-refractivity contribution in [1.29, 1.82) is 0 Å². The molecule has 3 aromatic rings. The van der Waals surface area contributed by atoms with Gasteiger partial charge in [0, 0.05) is 42.2 Å². The number of aliphatic carboxylic acids is 1. The lowest BCUT2D eigenvalue weighted by Crippen LogP contribution is -2.58. The zero-order valence-corrected chi connectivity index (χ0v) is 22.3. The van der Waals surface area contributed by atoms with Crippen LogP contribution >= 0.6 is 12.6 Å². The second-order valence-corrected chi connectivity index (χ2v) is 10.1. The van der Waals surface area contributed by atoms with Crippen LogP contribution in [0.3, 0.4) is 0 Å². The van der Waals surface area contributed by atoms with Gasteiger partial charge in [-0.1, -0.05) is 48.5 Å². The van der Waals surface area contributed by atoms with Gasteiger partial charge in [0.2, 0.25) is 17.7 Å². The fraction of sp³-hybridized carbons (Fsp3) is 0.357. The van der Waals surface area contributed by atoms with Crippen molar-refractivity contribution in [2.75, 3.05) is 12.3 Å². The van der Waals surface area contributed by atoms with Crippen LogP contribution < -0.4 is 16.4 Å². The van der Waals surface area contributed by atoms with Crippen LogP contribution in [-0.4, -0.2) is 75.1 Å². The molecule has 39 heavy (non-hydrogen) atoms. The Morgan fingerprint density at radius 2 is 1.69 bits per heavy atom. The number of carboxylic acid groups (broad SMARTS) is 1. The van der Waals surface area contributed by atoms with Crippen LogP contribution in [-0.2, 0) is 32.0 Å². The minimum Gasteiger partial charge on any atom is -0.480 e. The largest absolute Gasteiger partial charge is 0.480 e. The van der Waals surface area contributed by atoms with E-state index in [4.69, 9.17) is 5.73 Å². The van der Waals surface area contributed by atoms with E-state index in [1.54, 1.807) is 6.20 Å². The van der Waals surface area contributed by atoms with E-state index >= 15 is 0 Å². The number of nitrogens with one attached hydrogen (secondary N) is 3. The van der Waals surface area contributed by atoms with Gasteiger partial charge in [-0.3, -0.25) is 14.4 Å². The number of H-pyrrole nitrogens is 1. The van der Waals surface area contributed by atoms with Gasteiger partial charge in [0.25, 0.3) is 0 Å². The molecule has 4 unspecified atom stereocenters. The summed E-state index contributed by atoms with van der Waals surface area (Å²) in [4.78, 5) is 56.3. The Balaban J connectivity index is 1.62. The molecule has 206 valence electrons. The number of nitrogens with two attached hydrogens (primary N) is 1. The molecule has 0 radical (unpaired) electrons. The predicted octanol–water partition coefficient (Wildman–Crippen LogP) is 1.26. The summed E-state index contributed by atoms with van der Waals surface area (Å²) in [5, 5.41) is 16.1. The van der Waals surface area contributed by atoms with Crippen molar-refractivity contribution in [3.8, 4) is 0 Å². The summed E-state index contributed by atoms with van der Waals surface area (Å²) >= 11 is 4.08. The summed E-state index contributed by atoms with van der Waals surface area (Å²) in [7, 11) is 0. The number of fused-ring (bicyclic) bond motifs is 1. The Bertz CT molecular complexity index is 1330. The highest BCUT2D eigenvalue weighted by Crippen LogP contribution is 2.23. The van der Waals surface area contributed by atoms with E-state index in [0.29, 0.717) is 12.8 Å². The molecule has 0 spiro atoms. The van der Waals surface area contributed by atoms with Gasteiger partial charge in [-0.25, -0.2) is 4.79 Å². The summed E-state index contributed by atoms with van der Waals surface area (Å²) < 4.78 is 0. The number of nitrogens with zero attached hydrogens (tertiary/aromatic N) is 1. The fourth-order valence-corrected chi connectivity index (χ4v) is 5.07. The maximum Gasteiger partial charge on any atom is 0.326 e. The average molecular weight is 552 g/mol. The number of carbonyl (C=O) groups is 4. The van der Waals surface area contributed by atoms with Gasteiger partial charge in [0.05, 0.1) is 6.04 Å². The number of hydrogen-bond acceptors (Lipinski definition) is 6. The first kappa shape index (κ1) is 28.2. The molecule has 2 aromatic carbocycles. The molecule has 0 aliphatic carbocycles. The van der Waals surface area contributed by atoms with Crippen LogP contribution in [0.25, 0.3) is 10.9 Å². The Labute approximate surface area is 231 Å². The summed E-state index contributed by atoms with van der Waals surface area (Å²) in [6.45, 7) is 0.289. The number of aromatic nitrogens is 1.